The van der Waals surface area contributed by atoms with Crippen LogP contribution in [0.3, 0.4) is 0 Å². The van der Waals surface area contributed by atoms with Crippen LogP contribution in [0.25, 0.3) is 11.3 Å². The second kappa shape index (κ2) is 9.53. The van der Waals surface area contributed by atoms with E-state index in [2.05, 4.69) is 26.1 Å². The molecule has 0 bridgehead atoms. The van der Waals surface area contributed by atoms with E-state index >= 15 is 0 Å². The molecule has 1 aliphatic heterocycles. The largest absolute Gasteiger partial charge is 0.482 e. The van der Waals surface area contributed by atoms with Crippen molar-refractivity contribution in [2.24, 2.45) is 0 Å². The first-order chi connectivity index (χ1) is 15.5. The lowest BCUT2D eigenvalue weighted by atomic mass is 10.0. The van der Waals surface area contributed by atoms with Crippen molar-refractivity contribution in [2.45, 2.75) is 39.5 Å². The van der Waals surface area contributed by atoms with Crippen molar-refractivity contribution in [1.29, 1.82) is 0 Å². The summed E-state index contributed by atoms with van der Waals surface area (Å²) in [5.74, 6) is 0.374. The average Bonchev–Trinajstić information content (AvgIpc) is 3.24. The highest BCUT2D eigenvalue weighted by molar-refractivity contribution is 7.09. The third-order valence-electron chi connectivity index (χ3n) is 5.37. The van der Waals surface area contributed by atoms with Gasteiger partial charge in [-0.1, -0.05) is 39.0 Å². The molecule has 1 aliphatic rings. The molecule has 2 aromatic carbocycles. The van der Waals surface area contributed by atoms with Crippen LogP contribution >= 0.6 is 11.3 Å². The summed E-state index contributed by atoms with van der Waals surface area (Å²) in [4.78, 5) is 31.7. The third kappa shape index (κ3) is 4.67. The first kappa shape index (κ1) is 22.0. The molecule has 0 saturated heterocycles. The zero-order valence-electron chi connectivity index (χ0n) is 18.6. The molecule has 0 spiro atoms. The maximum absolute atomic E-state index is 12.9. The topological polar surface area (TPSA) is 71.5 Å². The van der Waals surface area contributed by atoms with Gasteiger partial charge in [0, 0.05) is 16.6 Å². The van der Waals surface area contributed by atoms with E-state index in [9.17, 15) is 9.59 Å². The van der Waals surface area contributed by atoms with E-state index in [1.54, 1.807) is 11.3 Å². The maximum Gasteiger partial charge on any atom is 0.265 e. The number of thiazole rings is 1. The van der Waals surface area contributed by atoms with Gasteiger partial charge in [0.15, 0.2) is 6.61 Å². The number of hydrogen-bond acceptors (Lipinski definition) is 5. The van der Waals surface area contributed by atoms with Gasteiger partial charge in [0.1, 0.15) is 12.3 Å². The highest BCUT2D eigenvalue weighted by Crippen LogP contribution is 2.36. The zero-order valence-corrected chi connectivity index (χ0v) is 19.4. The molecule has 2 amide bonds. The number of aromatic nitrogens is 1. The highest BCUT2D eigenvalue weighted by atomic mass is 32.1. The van der Waals surface area contributed by atoms with Gasteiger partial charge in [0.25, 0.3) is 5.91 Å². The molecule has 166 valence electrons. The number of hydrogen-bond donors (Lipinski definition) is 1. The minimum Gasteiger partial charge on any atom is -0.482 e. The molecule has 32 heavy (non-hydrogen) atoms. The van der Waals surface area contributed by atoms with Crippen molar-refractivity contribution < 1.29 is 14.3 Å². The number of para-hydroxylation sites is 1. The van der Waals surface area contributed by atoms with Crippen molar-refractivity contribution >= 4 is 34.5 Å². The fourth-order valence-corrected chi connectivity index (χ4v) is 4.66. The Morgan fingerprint density at radius 2 is 2.06 bits per heavy atom. The van der Waals surface area contributed by atoms with Crippen molar-refractivity contribution in [3.63, 3.8) is 0 Å². The number of rotatable bonds is 7. The maximum atomic E-state index is 12.9. The Kier molecular flexibility index (Phi) is 6.55. The van der Waals surface area contributed by atoms with Crippen molar-refractivity contribution in [3.05, 3.63) is 58.4 Å². The summed E-state index contributed by atoms with van der Waals surface area (Å²) in [5, 5.41) is 6.09. The number of fused-ring (bicyclic) bond motifs is 1. The van der Waals surface area contributed by atoms with Crippen molar-refractivity contribution in [2.75, 3.05) is 23.4 Å². The summed E-state index contributed by atoms with van der Waals surface area (Å²) in [6.45, 7) is 6.13. The molecule has 0 saturated carbocycles. The molecule has 2 heterocycles. The first-order valence-corrected chi connectivity index (χ1v) is 11.7. The van der Waals surface area contributed by atoms with Crippen LogP contribution in [0, 0.1) is 0 Å². The molecule has 7 heteroatoms. The number of carbonyl (C=O) groups is 2. The minimum atomic E-state index is -0.247. The molecule has 1 aromatic heterocycles. The number of nitrogens with zero attached hydrogens (tertiary/aromatic N) is 2. The third-order valence-corrected chi connectivity index (χ3v) is 6.28. The first-order valence-electron chi connectivity index (χ1n) is 10.9. The van der Waals surface area contributed by atoms with Gasteiger partial charge in [-0.25, -0.2) is 4.98 Å². The van der Waals surface area contributed by atoms with E-state index in [-0.39, 0.29) is 30.9 Å². The fraction of sp³-hybridized carbons (Fsp3) is 0.320. The Hall–Kier alpha value is -3.19. The number of amides is 2. The zero-order chi connectivity index (χ0) is 22.7. The normalized spacial score (nSPS) is 13.1. The van der Waals surface area contributed by atoms with Gasteiger partial charge in [-0.05, 0) is 48.6 Å². The lowest BCUT2D eigenvalue weighted by molar-refractivity contribution is -0.123. The Morgan fingerprint density at radius 1 is 1.25 bits per heavy atom. The Balaban J connectivity index is 1.57. The summed E-state index contributed by atoms with van der Waals surface area (Å²) < 4.78 is 5.61. The summed E-state index contributed by atoms with van der Waals surface area (Å²) in [6, 6.07) is 13.4. The smallest absolute Gasteiger partial charge is 0.265 e. The molecular weight excluding hydrogens is 422 g/mol. The second-order valence-corrected chi connectivity index (χ2v) is 9.06. The SMILES string of the molecule is CCCc1nc(-c2ccc3c(c2)N(CC(=O)Nc2ccccc2C(C)C)C(=O)CO3)cs1. The summed E-state index contributed by atoms with van der Waals surface area (Å²) in [6.07, 6.45) is 1.99. The summed E-state index contributed by atoms with van der Waals surface area (Å²) >= 11 is 1.64. The Labute approximate surface area is 192 Å². The molecule has 0 atom stereocenters. The second-order valence-electron chi connectivity index (χ2n) is 8.12. The molecule has 1 N–H and O–H groups in total. The average molecular weight is 450 g/mol. The van der Waals surface area contributed by atoms with Gasteiger partial charge in [0.2, 0.25) is 5.91 Å². The van der Waals surface area contributed by atoms with Crippen LogP contribution in [0.2, 0.25) is 0 Å². The van der Waals surface area contributed by atoms with Crippen LogP contribution in [0.1, 0.15) is 43.7 Å². The number of ether oxygens (including phenoxy) is 1. The van der Waals surface area contributed by atoms with Gasteiger partial charge < -0.3 is 10.1 Å². The summed E-state index contributed by atoms with van der Waals surface area (Å²) in [5.41, 5.74) is 4.19. The molecule has 0 radical (unpaired) electrons. The van der Waals surface area contributed by atoms with Crippen molar-refractivity contribution in [1.82, 2.24) is 4.98 Å². The number of carbonyl (C=O) groups excluding carboxylic acids is 2. The van der Waals surface area contributed by atoms with Gasteiger partial charge in [-0.2, -0.15) is 0 Å². The minimum absolute atomic E-state index is 0.0801. The van der Waals surface area contributed by atoms with Gasteiger partial charge >= 0.3 is 0 Å². The van der Waals surface area contributed by atoms with Crippen LogP contribution in [0.15, 0.2) is 47.8 Å². The lowest BCUT2D eigenvalue weighted by Crippen LogP contribution is -2.43. The predicted molar refractivity (Wildman–Crippen MR) is 129 cm³/mol. The molecular formula is C25H27N3O3S. The predicted octanol–water partition coefficient (Wildman–Crippen LogP) is 5.25. The summed E-state index contributed by atoms with van der Waals surface area (Å²) in [7, 11) is 0. The molecule has 4 rings (SSSR count). The van der Waals surface area contributed by atoms with Crippen LogP contribution < -0.4 is 15.0 Å². The standard InChI is InChI=1S/C25H27N3O3S/c1-4-7-24-27-20(15-32-24)17-10-11-22-21(12-17)28(25(30)14-31-22)13-23(29)26-19-9-6-5-8-18(19)16(2)3/h5-6,8-12,15-16H,4,7,13-14H2,1-3H3,(H,26,29). The highest BCUT2D eigenvalue weighted by Gasteiger charge is 2.28. The van der Waals surface area contributed by atoms with E-state index in [0.29, 0.717) is 11.4 Å². The quantitative estimate of drug-likeness (QED) is 0.535. The van der Waals surface area contributed by atoms with Gasteiger partial charge in [0.05, 0.1) is 16.4 Å². The van der Waals surface area contributed by atoms with Crippen LogP contribution in [-0.4, -0.2) is 29.9 Å². The molecule has 0 aliphatic carbocycles. The van der Waals surface area contributed by atoms with E-state index in [4.69, 9.17) is 9.72 Å². The number of benzene rings is 2. The van der Waals surface area contributed by atoms with E-state index < -0.39 is 0 Å². The number of aryl methyl sites for hydroxylation is 1. The lowest BCUT2D eigenvalue weighted by Gasteiger charge is -2.29. The Morgan fingerprint density at radius 3 is 2.84 bits per heavy atom. The monoisotopic (exact) mass is 449 g/mol. The van der Waals surface area contributed by atoms with Crippen molar-refractivity contribution in [3.8, 4) is 17.0 Å². The van der Waals surface area contributed by atoms with Gasteiger partial charge in [-0.3, -0.25) is 14.5 Å². The Bertz CT molecular complexity index is 1140. The fourth-order valence-electron chi connectivity index (χ4n) is 3.75. The van der Waals surface area contributed by atoms with Crippen LogP contribution in [0.5, 0.6) is 5.75 Å². The molecule has 0 fully saturated rings. The molecule has 0 unspecified atom stereocenters. The molecule has 3 aromatic rings. The number of nitrogens with one attached hydrogen (secondary N) is 1. The van der Waals surface area contributed by atoms with Crippen LogP contribution in [0.4, 0.5) is 11.4 Å². The molecule has 6 nitrogen and oxygen atoms in total. The van der Waals surface area contributed by atoms with E-state index in [1.807, 2.05) is 47.8 Å². The van der Waals surface area contributed by atoms with Crippen LogP contribution in [-0.2, 0) is 16.0 Å². The van der Waals surface area contributed by atoms with Gasteiger partial charge in [-0.15, -0.1) is 11.3 Å². The van der Waals surface area contributed by atoms with E-state index in [0.717, 1.165) is 40.4 Å². The van der Waals surface area contributed by atoms with E-state index in [1.165, 1.54) is 4.90 Å². The number of anilines is 2.